The van der Waals surface area contributed by atoms with Crippen molar-refractivity contribution in [3.8, 4) is 17.0 Å². The second-order valence-electron chi connectivity index (χ2n) is 10.5. The molecular weight excluding hydrogens is 622 g/mol. The lowest BCUT2D eigenvalue weighted by Crippen LogP contribution is -2.60. The molecule has 0 bridgehead atoms. The Morgan fingerprint density at radius 3 is 2.38 bits per heavy atom. The quantitative estimate of drug-likeness (QED) is 0.240. The van der Waals surface area contributed by atoms with Crippen molar-refractivity contribution < 1.29 is 54.9 Å². The van der Waals surface area contributed by atoms with E-state index in [4.69, 9.17) is 0 Å². The highest BCUT2D eigenvalue weighted by atomic mass is 19.4. The van der Waals surface area contributed by atoms with Gasteiger partial charge in [-0.15, -0.1) is 0 Å². The van der Waals surface area contributed by atoms with E-state index in [0.29, 0.717) is 30.9 Å². The van der Waals surface area contributed by atoms with Gasteiger partial charge in [-0.25, -0.2) is 19.4 Å². The van der Waals surface area contributed by atoms with Crippen LogP contribution in [0.3, 0.4) is 0 Å². The van der Waals surface area contributed by atoms with Crippen molar-refractivity contribution in [2.24, 2.45) is 0 Å². The summed E-state index contributed by atoms with van der Waals surface area (Å²) in [4.78, 5) is 34.0. The van der Waals surface area contributed by atoms with Crippen molar-refractivity contribution in [1.29, 1.82) is 0 Å². The van der Waals surface area contributed by atoms with Crippen LogP contribution in [0.25, 0.3) is 11.3 Å². The Labute approximate surface area is 248 Å². The van der Waals surface area contributed by atoms with E-state index in [1.807, 2.05) is 0 Å². The van der Waals surface area contributed by atoms with Gasteiger partial charge in [-0.05, 0) is 50.1 Å². The van der Waals surface area contributed by atoms with Crippen LogP contribution < -0.4 is 5.32 Å². The van der Waals surface area contributed by atoms with Gasteiger partial charge in [0.25, 0.3) is 11.8 Å². The summed E-state index contributed by atoms with van der Waals surface area (Å²) in [5.74, 6) is -7.28. The Morgan fingerprint density at radius 1 is 1.00 bits per heavy atom. The van der Waals surface area contributed by atoms with Crippen molar-refractivity contribution >= 4 is 17.5 Å². The smallest absolute Gasteiger partial charge is 0.433 e. The first-order valence-electron chi connectivity index (χ1n) is 13.0. The Hall–Kier alpha value is -4.80. The number of carbonyl (C=O) groups is 2. The van der Waals surface area contributed by atoms with Gasteiger partial charge in [-0.3, -0.25) is 14.6 Å². The molecule has 1 aromatic heterocycles. The maximum absolute atomic E-state index is 14.6. The van der Waals surface area contributed by atoms with E-state index in [-0.39, 0.29) is 18.5 Å². The lowest BCUT2D eigenvalue weighted by Gasteiger charge is -2.46. The molecule has 5 rings (SSSR count). The van der Waals surface area contributed by atoms with Gasteiger partial charge >= 0.3 is 12.4 Å². The van der Waals surface area contributed by atoms with Gasteiger partial charge in [0.15, 0.2) is 11.6 Å². The van der Waals surface area contributed by atoms with Gasteiger partial charge < -0.3 is 15.5 Å². The van der Waals surface area contributed by atoms with Crippen LogP contribution in [0, 0.1) is 11.6 Å². The van der Waals surface area contributed by atoms with E-state index < -0.39 is 93.2 Å². The monoisotopic (exact) mass is 643 g/mol. The average molecular weight is 643 g/mol. The molecule has 2 aliphatic rings. The van der Waals surface area contributed by atoms with Crippen molar-refractivity contribution in [2.75, 3.05) is 11.9 Å². The maximum Gasteiger partial charge on any atom is 0.433 e. The predicted octanol–water partition coefficient (Wildman–Crippen LogP) is 5.73. The fourth-order valence-corrected chi connectivity index (χ4v) is 5.30. The number of carbonyl (C=O) groups excluding carboxylic acids is 2. The van der Waals surface area contributed by atoms with E-state index in [0.717, 1.165) is 23.2 Å². The minimum Gasteiger partial charge on any atom is -0.509 e. The van der Waals surface area contributed by atoms with E-state index >= 15 is 0 Å². The molecule has 1 saturated heterocycles. The third-order valence-electron chi connectivity index (χ3n) is 7.61. The van der Waals surface area contributed by atoms with Crippen LogP contribution in [-0.2, 0) is 28.5 Å². The summed E-state index contributed by atoms with van der Waals surface area (Å²) >= 11 is 0. The van der Waals surface area contributed by atoms with E-state index in [1.165, 1.54) is 11.9 Å². The summed E-state index contributed by atoms with van der Waals surface area (Å²) in [6.07, 6.45) is -8.87. The minimum atomic E-state index is -4.99. The number of amides is 2. The highest BCUT2D eigenvalue weighted by Gasteiger charge is 2.53. The number of halogens is 8. The fourth-order valence-electron chi connectivity index (χ4n) is 5.30. The molecule has 0 saturated carbocycles. The summed E-state index contributed by atoms with van der Waals surface area (Å²) in [5.41, 5.74) is -7.19. The number of hydrogen-bond donors (Lipinski definition) is 3. The molecule has 1 fully saturated rings. The number of aliphatic hydroxyl groups excluding tert-OH is 1. The molecule has 238 valence electrons. The van der Waals surface area contributed by atoms with Crippen molar-refractivity contribution in [3.05, 3.63) is 82.5 Å². The third-order valence-corrected chi connectivity index (χ3v) is 7.61. The summed E-state index contributed by atoms with van der Waals surface area (Å²) in [6, 6.07) is 3.97. The molecule has 1 atom stereocenters. The summed E-state index contributed by atoms with van der Waals surface area (Å²) in [7, 11) is 0. The molecule has 2 amide bonds. The molecule has 9 nitrogen and oxygen atoms in total. The molecule has 0 aliphatic carbocycles. The van der Waals surface area contributed by atoms with Crippen LogP contribution in [0.2, 0.25) is 0 Å². The topological polar surface area (TPSA) is 119 Å². The Morgan fingerprint density at radius 2 is 1.71 bits per heavy atom. The number of rotatable bonds is 5. The largest absolute Gasteiger partial charge is 0.509 e. The van der Waals surface area contributed by atoms with Crippen LogP contribution in [-0.4, -0.2) is 54.1 Å². The number of hydrazine groups is 1. The van der Waals surface area contributed by atoms with Crippen molar-refractivity contribution in [3.63, 3.8) is 0 Å². The molecule has 2 aromatic carbocycles. The summed E-state index contributed by atoms with van der Waals surface area (Å²) in [5, 5.41) is 25.1. The predicted molar refractivity (Wildman–Crippen MR) is 139 cm³/mol. The zero-order chi connectivity index (χ0) is 33.1. The normalized spacial score (nSPS) is 19.2. The number of nitrogens with one attached hydrogen (secondary N) is 1. The van der Waals surface area contributed by atoms with Crippen LogP contribution in [0.5, 0.6) is 5.75 Å². The molecule has 3 N–H and O–H groups in total. The molecule has 3 heterocycles. The highest BCUT2D eigenvalue weighted by Crippen LogP contribution is 2.43. The first-order valence-corrected chi connectivity index (χ1v) is 13.0. The molecule has 1 unspecified atom stereocenters. The molecule has 3 aromatic rings. The third kappa shape index (κ3) is 5.63. The number of aromatic hydroxyl groups is 1. The fraction of sp³-hybridized carbons (Fsp3) is 0.286. The van der Waals surface area contributed by atoms with Gasteiger partial charge in [-0.2, -0.15) is 30.7 Å². The maximum atomic E-state index is 14.6. The van der Waals surface area contributed by atoms with Crippen LogP contribution in [0.15, 0.2) is 54.1 Å². The molecule has 0 radical (unpaired) electrons. The molecule has 45 heavy (non-hydrogen) atoms. The number of benzene rings is 2. The van der Waals surface area contributed by atoms with E-state index in [2.05, 4.69) is 15.3 Å². The first-order chi connectivity index (χ1) is 20.9. The van der Waals surface area contributed by atoms with Crippen LogP contribution in [0.1, 0.15) is 36.6 Å². The van der Waals surface area contributed by atoms with Gasteiger partial charge in [0.2, 0.25) is 5.82 Å². The van der Waals surface area contributed by atoms with Crippen molar-refractivity contribution in [1.82, 2.24) is 20.0 Å². The van der Waals surface area contributed by atoms with E-state index in [1.54, 1.807) is 0 Å². The number of fused-ring (bicyclic) bond motifs is 1. The number of aliphatic hydroxyl groups is 1. The van der Waals surface area contributed by atoms with Gasteiger partial charge in [0, 0.05) is 17.7 Å². The van der Waals surface area contributed by atoms with Gasteiger partial charge in [-0.1, -0.05) is 6.07 Å². The average Bonchev–Trinajstić information content (AvgIpc) is 3.37. The molecule has 2 aliphatic heterocycles. The molecular formula is C28H21F8N5O4. The van der Waals surface area contributed by atoms with Gasteiger partial charge in [0.05, 0.1) is 29.0 Å². The number of alkyl halides is 6. The number of anilines is 1. The highest BCUT2D eigenvalue weighted by molar-refractivity contribution is 6.24. The number of hydrogen-bond acceptors (Lipinski definition) is 7. The van der Waals surface area contributed by atoms with Crippen LogP contribution in [0.4, 0.5) is 40.8 Å². The second-order valence-corrected chi connectivity index (χ2v) is 10.5. The molecule has 17 heteroatoms. The van der Waals surface area contributed by atoms with Gasteiger partial charge in [0.1, 0.15) is 23.4 Å². The number of phenolic OH excluding ortho intramolecular Hbond substituents is 1. The molecule has 0 spiro atoms. The Kier molecular flexibility index (Phi) is 7.71. The number of nitrogens with zero attached hydrogens (tertiary/aromatic N) is 4. The summed E-state index contributed by atoms with van der Waals surface area (Å²) in [6.45, 7) is 0.981. The second kappa shape index (κ2) is 11.0. The SMILES string of the molecule is CC12CCCN1N(Cc1ccc(O)c(F)c1F)C(=O)C(C(=O)Nc1ccc(C(F)(F)F)cc1-c1cc(C(F)(F)F)ncn1)=C2O. The minimum absolute atomic E-state index is 0.154. The number of aromatic nitrogens is 2. The zero-order valence-electron chi connectivity index (χ0n) is 22.9. The van der Waals surface area contributed by atoms with Crippen LogP contribution >= 0.6 is 0 Å². The Balaban J connectivity index is 1.56. The lowest BCUT2D eigenvalue weighted by atomic mass is 9.90. The van der Waals surface area contributed by atoms with E-state index in [9.17, 15) is 54.9 Å². The van der Waals surface area contributed by atoms with Crippen molar-refractivity contribution in [2.45, 2.75) is 44.2 Å². The standard InChI is InChI=1S/C28H21F8N5O4/c1-26-7-2-8-41(26)40(11-13-3-6-18(42)22(30)21(13)29)25(45)20(23(26)43)24(44)39-16-5-4-14(27(31,32)33)9-15(16)17-10-19(28(34,35)36)38-12-37-17/h3-6,9-10,12,42-43H,2,7-8,11H2,1H3,(H,39,44). The number of phenols is 1. The Bertz CT molecular complexity index is 1740. The zero-order valence-corrected chi connectivity index (χ0v) is 22.9. The first kappa shape index (κ1) is 31.6. The summed E-state index contributed by atoms with van der Waals surface area (Å²) < 4.78 is 109. The lowest BCUT2D eigenvalue weighted by molar-refractivity contribution is -0.160.